The third kappa shape index (κ3) is 4.90. The van der Waals surface area contributed by atoms with Crippen molar-refractivity contribution in [3.05, 3.63) is 35.4 Å². The minimum Gasteiger partial charge on any atom is -0.478 e. The average molecular weight is 539 g/mol. The van der Waals surface area contributed by atoms with E-state index in [9.17, 15) is 24.9 Å². The summed E-state index contributed by atoms with van der Waals surface area (Å²) in [6.07, 6.45) is 11.2. The van der Waals surface area contributed by atoms with Gasteiger partial charge in [-0.3, -0.25) is 4.79 Å². The first-order valence-electron chi connectivity index (χ1n) is 15.5. The fourth-order valence-corrected chi connectivity index (χ4v) is 10.3. The Morgan fingerprint density at radius 1 is 1.00 bits per heavy atom. The molecule has 216 valence electrons. The fourth-order valence-electron chi connectivity index (χ4n) is 10.3. The van der Waals surface area contributed by atoms with Gasteiger partial charge in [0.05, 0.1) is 11.2 Å². The SMILES string of the molecule is C[C@H](CCC(=O)C(C)(C)O)[C@H]1CC[C@H]2[C@@H]3CCC4CC(O)(c5cccc(C(=O)O)c5)CC[C@]4(C)[C@H]3CC[C@]12C. The number of ketones is 1. The number of carboxylic acid groups (broad SMARTS) is 1. The van der Waals surface area contributed by atoms with Crippen molar-refractivity contribution in [3.8, 4) is 0 Å². The Bertz CT molecular complexity index is 1110. The number of aliphatic hydroxyl groups is 2. The minimum atomic E-state index is -1.24. The number of benzene rings is 1. The number of Topliss-reactive ketones (excluding diaryl/α,β-unsaturated/α-hetero) is 1. The second-order valence-electron chi connectivity index (χ2n) is 15.0. The number of fused-ring (bicyclic) bond motifs is 5. The number of carboxylic acids is 1. The zero-order valence-corrected chi connectivity index (χ0v) is 24.7. The molecule has 5 rings (SSSR count). The number of rotatable bonds is 7. The first-order valence-corrected chi connectivity index (χ1v) is 15.5. The fraction of sp³-hybridized carbons (Fsp3) is 0.765. The smallest absolute Gasteiger partial charge is 0.335 e. The number of carbonyl (C=O) groups is 2. The molecule has 4 aliphatic rings. The summed E-state index contributed by atoms with van der Waals surface area (Å²) >= 11 is 0. The molecule has 0 bridgehead atoms. The Morgan fingerprint density at radius 2 is 1.72 bits per heavy atom. The molecule has 3 N–H and O–H groups in total. The highest BCUT2D eigenvalue weighted by atomic mass is 16.4. The zero-order chi connectivity index (χ0) is 28.4. The maximum Gasteiger partial charge on any atom is 0.335 e. The second-order valence-corrected chi connectivity index (χ2v) is 15.0. The van der Waals surface area contributed by atoms with Crippen LogP contribution in [0, 0.1) is 46.3 Å². The number of carbonyl (C=O) groups excluding carboxylic acids is 1. The molecule has 0 radical (unpaired) electrons. The lowest BCUT2D eigenvalue weighted by molar-refractivity contribution is -0.155. The van der Waals surface area contributed by atoms with Gasteiger partial charge >= 0.3 is 5.97 Å². The normalized spacial score (nSPS) is 40.7. The highest BCUT2D eigenvalue weighted by molar-refractivity contribution is 5.87. The molecule has 0 saturated heterocycles. The van der Waals surface area contributed by atoms with Crippen LogP contribution >= 0.6 is 0 Å². The molecule has 39 heavy (non-hydrogen) atoms. The van der Waals surface area contributed by atoms with Crippen LogP contribution in [-0.2, 0) is 10.4 Å². The van der Waals surface area contributed by atoms with Crippen molar-refractivity contribution >= 4 is 11.8 Å². The summed E-state index contributed by atoms with van der Waals surface area (Å²) in [5, 5.41) is 31.4. The predicted octanol–water partition coefficient (Wildman–Crippen LogP) is 6.99. The molecule has 2 unspecified atom stereocenters. The highest BCUT2D eigenvalue weighted by Crippen LogP contribution is 2.69. The largest absolute Gasteiger partial charge is 0.478 e. The van der Waals surface area contributed by atoms with Gasteiger partial charge in [-0.2, -0.15) is 0 Å². The molecule has 5 heteroatoms. The first kappa shape index (κ1) is 28.8. The van der Waals surface area contributed by atoms with Gasteiger partial charge in [0.15, 0.2) is 5.78 Å². The van der Waals surface area contributed by atoms with E-state index < -0.39 is 17.2 Å². The molecule has 1 aromatic rings. The summed E-state index contributed by atoms with van der Waals surface area (Å²) < 4.78 is 0. The summed E-state index contributed by atoms with van der Waals surface area (Å²) in [5.74, 6) is 2.76. The van der Waals surface area contributed by atoms with E-state index >= 15 is 0 Å². The zero-order valence-electron chi connectivity index (χ0n) is 24.7. The van der Waals surface area contributed by atoms with E-state index in [1.165, 1.54) is 32.1 Å². The van der Waals surface area contributed by atoms with Crippen LogP contribution in [0.15, 0.2) is 24.3 Å². The quantitative estimate of drug-likeness (QED) is 0.348. The summed E-state index contributed by atoms with van der Waals surface area (Å²) in [6.45, 7) is 10.6. The number of aromatic carboxylic acids is 1. The van der Waals surface area contributed by atoms with Gasteiger partial charge < -0.3 is 15.3 Å². The Hall–Kier alpha value is -1.72. The van der Waals surface area contributed by atoms with E-state index in [4.69, 9.17) is 0 Å². The Kier molecular flexibility index (Phi) is 7.37. The van der Waals surface area contributed by atoms with Crippen molar-refractivity contribution in [2.45, 2.75) is 116 Å². The lowest BCUT2D eigenvalue weighted by Crippen LogP contribution is -2.55. The molecule has 4 aliphatic carbocycles. The molecular formula is C34H50O5. The molecule has 4 fully saturated rings. The third-order valence-corrected chi connectivity index (χ3v) is 12.6. The molecule has 5 nitrogen and oxygen atoms in total. The van der Waals surface area contributed by atoms with Gasteiger partial charge in [-0.25, -0.2) is 4.79 Å². The van der Waals surface area contributed by atoms with Crippen LogP contribution in [0.1, 0.15) is 121 Å². The van der Waals surface area contributed by atoms with Gasteiger partial charge in [-0.05, 0) is 142 Å². The van der Waals surface area contributed by atoms with Crippen LogP contribution in [0.4, 0.5) is 0 Å². The first-order chi connectivity index (χ1) is 18.2. The summed E-state index contributed by atoms with van der Waals surface area (Å²) in [4.78, 5) is 24.0. The Labute approximate surface area is 234 Å². The third-order valence-electron chi connectivity index (χ3n) is 12.6. The second kappa shape index (κ2) is 9.98. The molecule has 0 aliphatic heterocycles. The van der Waals surface area contributed by atoms with Crippen LogP contribution in [-0.4, -0.2) is 32.7 Å². The van der Waals surface area contributed by atoms with Gasteiger partial charge in [0.1, 0.15) is 5.60 Å². The van der Waals surface area contributed by atoms with E-state index in [0.29, 0.717) is 41.9 Å². The molecular weight excluding hydrogens is 488 g/mol. The van der Waals surface area contributed by atoms with Crippen LogP contribution in [0.3, 0.4) is 0 Å². The van der Waals surface area contributed by atoms with Crippen molar-refractivity contribution in [1.82, 2.24) is 0 Å². The van der Waals surface area contributed by atoms with E-state index in [0.717, 1.165) is 43.1 Å². The van der Waals surface area contributed by atoms with Gasteiger partial charge in [-0.15, -0.1) is 0 Å². The number of hydrogen-bond donors (Lipinski definition) is 3. The van der Waals surface area contributed by atoms with E-state index in [1.807, 2.05) is 6.07 Å². The average Bonchev–Trinajstić information content (AvgIpc) is 3.24. The summed E-state index contributed by atoms with van der Waals surface area (Å²) in [6, 6.07) is 6.95. The molecule has 0 spiro atoms. The van der Waals surface area contributed by atoms with Gasteiger partial charge in [0.25, 0.3) is 0 Å². The van der Waals surface area contributed by atoms with E-state index in [1.54, 1.807) is 32.0 Å². The molecule has 4 saturated carbocycles. The monoisotopic (exact) mass is 538 g/mol. The molecule has 0 heterocycles. The predicted molar refractivity (Wildman–Crippen MR) is 152 cm³/mol. The van der Waals surface area contributed by atoms with Gasteiger partial charge in [-0.1, -0.05) is 32.9 Å². The van der Waals surface area contributed by atoms with E-state index in [-0.39, 0.29) is 16.8 Å². The molecule has 1 aromatic carbocycles. The lowest BCUT2D eigenvalue weighted by atomic mass is 9.43. The number of hydrogen-bond acceptors (Lipinski definition) is 4. The lowest BCUT2D eigenvalue weighted by Gasteiger charge is -2.62. The van der Waals surface area contributed by atoms with Crippen molar-refractivity contribution in [2.75, 3.05) is 0 Å². The summed E-state index contributed by atoms with van der Waals surface area (Å²) in [7, 11) is 0. The van der Waals surface area contributed by atoms with Gasteiger partial charge in [0.2, 0.25) is 0 Å². The Balaban J connectivity index is 1.29. The van der Waals surface area contributed by atoms with Crippen molar-refractivity contribution in [3.63, 3.8) is 0 Å². The Morgan fingerprint density at radius 3 is 2.41 bits per heavy atom. The van der Waals surface area contributed by atoms with Crippen LogP contribution in [0.2, 0.25) is 0 Å². The van der Waals surface area contributed by atoms with Crippen molar-refractivity contribution < 1.29 is 24.9 Å². The summed E-state index contributed by atoms with van der Waals surface area (Å²) in [5.41, 5.74) is -0.616. The molecule has 9 atom stereocenters. The van der Waals surface area contributed by atoms with Crippen molar-refractivity contribution in [1.29, 1.82) is 0 Å². The molecule has 0 aromatic heterocycles. The topological polar surface area (TPSA) is 94.8 Å². The standard InChI is InChI=1S/C34H50O5/c1-21(9-14-29(35)31(2,3)38)26-12-13-27-25-11-10-24-20-34(39,23-8-6-7-22(19-23)30(36)37)18-17-32(24,4)28(25)15-16-33(26,27)5/h6-8,19,21,24-28,38-39H,9-18,20H2,1-5H3,(H,36,37)/t21-,24?,25+,26-,27+,28+,32+,33-,34?/m1/s1. The highest BCUT2D eigenvalue weighted by Gasteiger charge is 2.61. The van der Waals surface area contributed by atoms with Crippen LogP contribution < -0.4 is 0 Å². The van der Waals surface area contributed by atoms with Gasteiger partial charge in [0, 0.05) is 6.42 Å². The maximum absolute atomic E-state index is 12.4. The molecule has 0 amide bonds. The maximum atomic E-state index is 12.4. The van der Waals surface area contributed by atoms with Crippen LogP contribution in [0.25, 0.3) is 0 Å². The van der Waals surface area contributed by atoms with Crippen molar-refractivity contribution in [2.24, 2.45) is 46.3 Å². The minimum absolute atomic E-state index is 0.0454. The van der Waals surface area contributed by atoms with E-state index in [2.05, 4.69) is 20.8 Å². The van der Waals surface area contributed by atoms with Crippen LogP contribution in [0.5, 0.6) is 0 Å².